The molecule has 1 unspecified atom stereocenters. The van der Waals surface area contributed by atoms with Crippen LogP contribution in [0.5, 0.6) is 5.75 Å². The molecule has 1 aliphatic rings. The van der Waals surface area contributed by atoms with Crippen LogP contribution in [-0.2, 0) is 9.59 Å². The van der Waals surface area contributed by atoms with Gasteiger partial charge in [0, 0.05) is 31.8 Å². The Hall–Kier alpha value is -2.24. The number of anilines is 2. The third-order valence-corrected chi connectivity index (χ3v) is 3.03. The smallest absolute Gasteiger partial charge is 0.267 e. The van der Waals surface area contributed by atoms with Gasteiger partial charge in [-0.05, 0) is 19.1 Å². The van der Waals surface area contributed by atoms with Gasteiger partial charge >= 0.3 is 0 Å². The molecule has 1 aromatic carbocycles. The Bertz CT molecular complexity index is 516. The molecule has 0 radical (unpaired) electrons. The number of ether oxygens (including phenoxy) is 1. The van der Waals surface area contributed by atoms with Crippen molar-refractivity contribution < 1.29 is 14.3 Å². The van der Waals surface area contributed by atoms with Crippen molar-refractivity contribution in [1.82, 2.24) is 5.32 Å². The van der Waals surface area contributed by atoms with E-state index in [1.807, 2.05) is 0 Å². The summed E-state index contributed by atoms with van der Waals surface area (Å²) in [5.74, 6) is 0.314. The number of amides is 2. The van der Waals surface area contributed by atoms with Gasteiger partial charge in [-0.2, -0.15) is 0 Å². The summed E-state index contributed by atoms with van der Waals surface area (Å²) >= 11 is 0. The molecule has 6 heteroatoms. The van der Waals surface area contributed by atoms with Crippen LogP contribution in [0.2, 0.25) is 0 Å². The lowest BCUT2D eigenvalue weighted by Crippen LogP contribution is -2.45. The van der Waals surface area contributed by atoms with E-state index in [9.17, 15) is 9.59 Å². The van der Waals surface area contributed by atoms with E-state index < -0.39 is 6.10 Å². The molecule has 0 bridgehead atoms. The molecular weight excluding hydrogens is 246 g/mol. The summed E-state index contributed by atoms with van der Waals surface area (Å²) in [6, 6.07) is 5.13. The third kappa shape index (κ3) is 2.62. The summed E-state index contributed by atoms with van der Waals surface area (Å²) in [5, 5.41) is 2.54. The summed E-state index contributed by atoms with van der Waals surface area (Å²) < 4.78 is 5.52. The first-order valence-electron chi connectivity index (χ1n) is 6.11. The van der Waals surface area contributed by atoms with E-state index in [-0.39, 0.29) is 18.2 Å². The van der Waals surface area contributed by atoms with Gasteiger partial charge in [0.15, 0.2) is 6.10 Å². The first-order valence-corrected chi connectivity index (χ1v) is 6.11. The molecule has 0 aromatic heterocycles. The van der Waals surface area contributed by atoms with E-state index in [1.54, 1.807) is 37.1 Å². The van der Waals surface area contributed by atoms with Gasteiger partial charge in [-0.1, -0.05) is 0 Å². The van der Waals surface area contributed by atoms with Gasteiger partial charge in [-0.25, -0.2) is 0 Å². The van der Waals surface area contributed by atoms with Crippen molar-refractivity contribution in [1.29, 1.82) is 0 Å². The fourth-order valence-corrected chi connectivity index (χ4v) is 2.00. The van der Waals surface area contributed by atoms with Crippen LogP contribution < -0.4 is 20.7 Å². The zero-order chi connectivity index (χ0) is 14.0. The molecule has 2 rings (SSSR count). The molecule has 102 valence electrons. The second-order valence-electron chi connectivity index (χ2n) is 4.40. The van der Waals surface area contributed by atoms with Crippen LogP contribution >= 0.6 is 0 Å². The Morgan fingerprint density at radius 3 is 2.95 bits per heavy atom. The highest BCUT2D eigenvalue weighted by molar-refractivity contribution is 6.00. The molecule has 0 fully saturated rings. The maximum absolute atomic E-state index is 12.1. The number of rotatable bonds is 3. The van der Waals surface area contributed by atoms with Crippen molar-refractivity contribution in [3.8, 4) is 5.75 Å². The number of carbonyl (C=O) groups is 2. The molecule has 1 aliphatic heterocycles. The van der Waals surface area contributed by atoms with Gasteiger partial charge in [0.2, 0.25) is 5.91 Å². The zero-order valence-corrected chi connectivity index (χ0v) is 11.0. The van der Waals surface area contributed by atoms with E-state index in [2.05, 4.69) is 5.32 Å². The van der Waals surface area contributed by atoms with Crippen molar-refractivity contribution in [2.24, 2.45) is 0 Å². The summed E-state index contributed by atoms with van der Waals surface area (Å²) in [6.07, 6.45) is -0.322. The standard InChI is InChI=1S/C13H17N3O3/c1-8-13(18)16(6-5-12(17)15-2)10-4-3-9(14)7-11(10)19-8/h3-4,7-8H,5-6,14H2,1-2H3,(H,15,17). The summed E-state index contributed by atoms with van der Waals surface area (Å²) in [5.41, 5.74) is 6.93. The number of nitrogens with one attached hydrogen (secondary N) is 1. The van der Waals surface area contributed by atoms with Crippen LogP contribution in [0, 0.1) is 0 Å². The molecule has 3 N–H and O–H groups in total. The predicted molar refractivity (Wildman–Crippen MR) is 72.0 cm³/mol. The van der Waals surface area contributed by atoms with Crippen LogP contribution in [0.3, 0.4) is 0 Å². The second-order valence-corrected chi connectivity index (χ2v) is 4.40. The summed E-state index contributed by atoms with van der Waals surface area (Å²) in [6.45, 7) is 2.00. The predicted octanol–water partition coefficient (Wildman–Crippen LogP) is 0.519. The Morgan fingerprint density at radius 1 is 1.53 bits per heavy atom. The Balaban J connectivity index is 2.26. The highest BCUT2D eigenvalue weighted by Crippen LogP contribution is 2.35. The van der Waals surface area contributed by atoms with Crippen molar-refractivity contribution in [2.45, 2.75) is 19.4 Å². The van der Waals surface area contributed by atoms with Crippen LogP contribution in [-0.4, -0.2) is 31.5 Å². The number of carbonyl (C=O) groups excluding carboxylic acids is 2. The molecule has 19 heavy (non-hydrogen) atoms. The minimum Gasteiger partial charge on any atom is -0.479 e. The lowest BCUT2D eigenvalue weighted by molar-refractivity contribution is -0.125. The minimum atomic E-state index is -0.570. The number of benzene rings is 1. The topological polar surface area (TPSA) is 84.7 Å². The van der Waals surface area contributed by atoms with Crippen molar-refractivity contribution >= 4 is 23.2 Å². The molecule has 0 spiro atoms. The molecule has 0 aliphatic carbocycles. The Labute approximate surface area is 111 Å². The van der Waals surface area contributed by atoms with E-state index >= 15 is 0 Å². The summed E-state index contributed by atoms with van der Waals surface area (Å²) in [4.78, 5) is 25.0. The van der Waals surface area contributed by atoms with Crippen molar-refractivity contribution in [3.05, 3.63) is 18.2 Å². The van der Waals surface area contributed by atoms with Gasteiger partial charge in [-0.3, -0.25) is 9.59 Å². The SMILES string of the molecule is CNC(=O)CCN1C(=O)C(C)Oc2cc(N)ccc21. The van der Waals surface area contributed by atoms with Gasteiger partial charge in [0.05, 0.1) is 5.69 Å². The molecule has 1 atom stereocenters. The molecule has 1 aromatic rings. The lowest BCUT2D eigenvalue weighted by atomic mass is 10.1. The van der Waals surface area contributed by atoms with Crippen LogP contribution in [0.15, 0.2) is 18.2 Å². The van der Waals surface area contributed by atoms with E-state index in [0.29, 0.717) is 23.7 Å². The Morgan fingerprint density at radius 2 is 2.26 bits per heavy atom. The average molecular weight is 263 g/mol. The van der Waals surface area contributed by atoms with Gasteiger partial charge < -0.3 is 20.7 Å². The number of fused-ring (bicyclic) bond motifs is 1. The molecule has 0 saturated carbocycles. The van der Waals surface area contributed by atoms with Crippen molar-refractivity contribution in [3.63, 3.8) is 0 Å². The minimum absolute atomic E-state index is 0.107. The maximum atomic E-state index is 12.1. The monoisotopic (exact) mass is 263 g/mol. The van der Waals surface area contributed by atoms with Crippen LogP contribution in [0.4, 0.5) is 11.4 Å². The maximum Gasteiger partial charge on any atom is 0.267 e. The molecule has 1 heterocycles. The van der Waals surface area contributed by atoms with E-state index in [0.717, 1.165) is 0 Å². The zero-order valence-electron chi connectivity index (χ0n) is 11.0. The van der Waals surface area contributed by atoms with Crippen LogP contribution in [0.1, 0.15) is 13.3 Å². The molecule has 6 nitrogen and oxygen atoms in total. The van der Waals surface area contributed by atoms with Gasteiger partial charge in [0.25, 0.3) is 5.91 Å². The number of nitrogens with zero attached hydrogens (tertiary/aromatic N) is 1. The number of nitrogen functional groups attached to an aromatic ring is 1. The lowest BCUT2D eigenvalue weighted by Gasteiger charge is -2.33. The third-order valence-electron chi connectivity index (χ3n) is 3.03. The molecule has 0 saturated heterocycles. The second kappa shape index (κ2) is 5.17. The number of hydrogen-bond acceptors (Lipinski definition) is 4. The first kappa shape index (κ1) is 13.2. The van der Waals surface area contributed by atoms with Gasteiger partial charge in [-0.15, -0.1) is 0 Å². The summed E-state index contributed by atoms with van der Waals surface area (Å²) in [7, 11) is 1.57. The number of nitrogens with two attached hydrogens (primary N) is 1. The number of hydrogen-bond donors (Lipinski definition) is 2. The first-order chi connectivity index (χ1) is 9.02. The highest BCUT2D eigenvalue weighted by Gasteiger charge is 2.31. The fraction of sp³-hybridized carbons (Fsp3) is 0.385. The van der Waals surface area contributed by atoms with Gasteiger partial charge in [0.1, 0.15) is 5.75 Å². The molecular formula is C13H17N3O3. The average Bonchev–Trinajstić information content (AvgIpc) is 2.39. The highest BCUT2D eigenvalue weighted by atomic mass is 16.5. The van der Waals surface area contributed by atoms with E-state index in [1.165, 1.54) is 0 Å². The fourth-order valence-electron chi connectivity index (χ4n) is 2.00. The van der Waals surface area contributed by atoms with E-state index in [4.69, 9.17) is 10.5 Å². The largest absolute Gasteiger partial charge is 0.479 e. The molecule has 2 amide bonds. The Kier molecular flexibility index (Phi) is 3.59. The quantitative estimate of drug-likeness (QED) is 0.779. The van der Waals surface area contributed by atoms with Crippen molar-refractivity contribution in [2.75, 3.05) is 24.2 Å². The van der Waals surface area contributed by atoms with Crippen LogP contribution in [0.25, 0.3) is 0 Å². The normalized spacial score (nSPS) is 17.7.